The molecule has 0 saturated heterocycles. The van der Waals surface area contributed by atoms with Crippen LogP contribution in [0, 0.1) is 0 Å². The van der Waals surface area contributed by atoms with Gasteiger partial charge >= 0.3 is 0 Å². The van der Waals surface area contributed by atoms with Gasteiger partial charge in [0, 0.05) is 30.6 Å². The maximum atomic E-state index is 5.82. The third kappa shape index (κ3) is 4.24. The van der Waals surface area contributed by atoms with Crippen LogP contribution in [0.4, 0.5) is 0 Å². The Morgan fingerprint density at radius 2 is 2.19 bits per heavy atom. The number of hydrogen-bond acceptors (Lipinski definition) is 3. The second-order valence-corrected chi connectivity index (χ2v) is 5.65. The van der Waals surface area contributed by atoms with Crippen LogP contribution >= 0.6 is 12.2 Å². The second kappa shape index (κ2) is 7.50. The van der Waals surface area contributed by atoms with Crippen LogP contribution in [0.15, 0.2) is 12.1 Å². The van der Waals surface area contributed by atoms with E-state index in [1.54, 1.807) is 0 Å². The maximum Gasteiger partial charge on any atom is 0.166 e. The Kier molecular flexibility index (Phi) is 5.67. The molecule has 1 aliphatic heterocycles. The number of rotatable bonds is 6. The number of hydrogen-bond donors (Lipinski definition) is 2. The first-order chi connectivity index (χ1) is 10.1. The minimum Gasteiger partial charge on any atom is -0.494 e. The molecule has 1 aromatic carbocycles. The minimum atomic E-state index is 0.241. The van der Waals surface area contributed by atoms with E-state index in [1.165, 1.54) is 5.56 Å². The van der Waals surface area contributed by atoms with Gasteiger partial charge < -0.3 is 20.1 Å². The molecule has 1 aromatic rings. The lowest BCUT2D eigenvalue weighted by Crippen LogP contribution is -2.35. The second-order valence-electron chi connectivity index (χ2n) is 5.24. The van der Waals surface area contributed by atoms with E-state index < -0.39 is 0 Å². The van der Waals surface area contributed by atoms with Gasteiger partial charge in [-0.05, 0) is 44.6 Å². The highest BCUT2D eigenvalue weighted by molar-refractivity contribution is 7.80. The first-order valence-electron chi connectivity index (χ1n) is 7.61. The van der Waals surface area contributed by atoms with Crippen molar-refractivity contribution in [2.45, 2.75) is 46.3 Å². The SMILES string of the molecule is CCCNC(=S)NCc1cc2c(cc1OCC)C[C@@H](C)O2. The van der Waals surface area contributed by atoms with E-state index in [-0.39, 0.29) is 6.10 Å². The molecule has 1 atom stereocenters. The fourth-order valence-corrected chi connectivity index (χ4v) is 2.56. The molecule has 0 unspecified atom stereocenters. The van der Waals surface area contributed by atoms with Crippen molar-refractivity contribution in [3.63, 3.8) is 0 Å². The summed E-state index contributed by atoms with van der Waals surface area (Å²) in [5.74, 6) is 1.88. The summed E-state index contributed by atoms with van der Waals surface area (Å²) >= 11 is 5.25. The molecule has 0 spiro atoms. The van der Waals surface area contributed by atoms with Crippen molar-refractivity contribution < 1.29 is 9.47 Å². The Morgan fingerprint density at radius 1 is 1.38 bits per heavy atom. The van der Waals surface area contributed by atoms with Gasteiger partial charge in [-0.2, -0.15) is 0 Å². The van der Waals surface area contributed by atoms with Crippen LogP contribution in [-0.2, 0) is 13.0 Å². The Bertz CT molecular complexity index is 505. The standard InChI is InChI=1S/C16H24N2O2S/c1-4-6-17-16(21)18-10-13-9-15-12(7-11(3)20-15)8-14(13)19-5-2/h8-9,11H,4-7,10H2,1-3H3,(H2,17,18,21)/t11-/m1/s1. The maximum absolute atomic E-state index is 5.82. The van der Waals surface area contributed by atoms with Crippen LogP contribution in [0.1, 0.15) is 38.3 Å². The highest BCUT2D eigenvalue weighted by Crippen LogP contribution is 2.35. The number of nitrogens with one attached hydrogen (secondary N) is 2. The molecular weight excluding hydrogens is 284 g/mol. The van der Waals surface area contributed by atoms with Gasteiger partial charge in [-0.15, -0.1) is 0 Å². The Balaban J connectivity index is 2.07. The highest BCUT2D eigenvalue weighted by Gasteiger charge is 2.21. The lowest BCUT2D eigenvalue weighted by Gasteiger charge is -2.14. The number of benzene rings is 1. The van der Waals surface area contributed by atoms with Gasteiger partial charge in [-0.25, -0.2) is 0 Å². The molecule has 0 saturated carbocycles. The van der Waals surface area contributed by atoms with E-state index >= 15 is 0 Å². The van der Waals surface area contributed by atoms with E-state index in [9.17, 15) is 0 Å². The zero-order valence-electron chi connectivity index (χ0n) is 13.0. The van der Waals surface area contributed by atoms with E-state index in [4.69, 9.17) is 21.7 Å². The molecule has 0 radical (unpaired) electrons. The fourth-order valence-electron chi connectivity index (χ4n) is 2.39. The van der Waals surface area contributed by atoms with Crippen molar-refractivity contribution in [2.75, 3.05) is 13.2 Å². The van der Waals surface area contributed by atoms with Crippen LogP contribution in [0.3, 0.4) is 0 Å². The predicted molar refractivity (Wildman–Crippen MR) is 89.1 cm³/mol. The minimum absolute atomic E-state index is 0.241. The van der Waals surface area contributed by atoms with Gasteiger partial charge in [-0.1, -0.05) is 6.92 Å². The summed E-state index contributed by atoms with van der Waals surface area (Å²) in [4.78, 5) is 0. The molecule has 2 N–H and O–H groups in total. The molecule has 0 amide bonds. The zero-order chi connectivity index (χ0) is 15.2. The van der Waals surface area contributed by atoms with Crippen molar-refractivity contribution in [2.24, 2.45) is 0 Å². The quantitative estimate of drug-likeness (QED) is 0.791. The van der Waals surface area contributed by atoms with E-state index in [0.717, 1.165) is 36.4 Å². The number of thiocarbonyl (C=S) groups is 1. The van der Waals surface area contributed by atoms with Gasteiger partial charge in [0.05, 0.1) is 6.61 Å². The van der Waals surface area contributed by atoms with E-state index in [0.29, 0.717) is 18.3 Å². The van der Waals surface area contributed by atoms with Crippen LogP contribution in [0.25, 0.3) is 0 Å². The molecule has 21 heavy (non-hydrogen) atoms. The van der Waals surface area contributed by atoms with Gasteiger partial charge in [0.2, 0.25) is 0 Å². The lowest BCUT2D eigenvalue weighted by molar-refractivity contribution is 0.254. The van der Waals surface area contributed by atoms with E-state index in [2.05, 4.69) is 36.6 Å². The van der Waals surface area contributed by atoms with Crippen LogP contribution in [0.5, 0.6) is 11.5 Å². The topological polar surface area (TPSA) is 42.5 Å². The van der Waals surface area contributed by atoms with Crippen molar-refractivity contribution in [1.82, 2.24) is 10.6 Å². The number of fused-ring (bicyclic) bond motifs is 1. The van der Waals surface area contributed by atoms with Crippen LogP contribution in [-0.4, -0.2) is 24.4 Å². The molecular formula is C16H24N2O2S. The molecule has 0 aliphatic carbocycles. The van der Waals surface area contributed by atoms with Gasteiger partial charge in [-0.3, -0.25) is 0 Å². The average Bonchev–Trinajstić information content (AvgIpc) is 2.82. The summed E-state index contributed by atoms with van der Waals surface area (Å²) in [5, 5.41) is 7.06. The molecule has 4 nitrogen and oxygen atoms in total. The predicted octanol–water partition coefficient (Wildman–Crippen LogP) is 2.78. The molecule has 1 aliphatic rings. The van der Waals surface area contributed by atoms with Crippen molar-refractivity contribution in [3.05, 3.63) is 23.3 Å². The Morgan fingerprint density at radius 3 is 2.90 bits per heavy atom. The smallest absolute Gasteiger partial charge is 0.166 e. The first-order valence-corrected chi connectivity index (χ1v) is 8.01. The summed E-state index contributed by atoms with van der Waals surface area (Å²) < 4.78 is 11.6. The van der Waals surface area contributed by atoms with Crippen LogP contribution < -0.4 is 20.1 Å². The highest BCUT2D eigenvalue weighted by atomic mass is 32.1. The Hall–Kier alpha value is -1.49. The molecule has 0 fully saturated rings. The van der Waals surface area contributed by atoms with E-state index in [1.807, 2.05) is 6.92 Å². The molecule has 116 valence electrons. The van der Waals surface area contributed by atoms with Gasteiger partial charge in [0.1, 0.15) is 17.6 Å². The summed E-state index contributed by atoms with van der Waals surface area (Å²) in [6.07, 6.45) is 2.24. The summed E-state index contributed by atoms with van der Waals surface area (Å²) in [6.45, 7) is 8.37. The Labute approximate surface area is 132 Å². The van der Waals surface area contributed by atoms with Crippen LogP contribution in [0.2, 0.25) is 0 Å². The van der Waals surface area contributed by atoms with Crippen molar-refractivity contribution in [1.29, 1.82) is 0 Å². The fraction of sp³-hybridized carbons (Fsp3) is 0.562. The lowest BCUT2D eigenvalue weighted by atomic mass is 10.1. The summed E-state index contributed by atoms with van der Waals surface area (Å²) in [6, 6.07) is 4.17. The van der Waals surface area contributed by atoms with Crippen molar-refractivity contribution >= 4 is 17.3 Å². The summed E-state index contributed by atoms with van der Waals surface area (Å²) in [5.41, 5.74) is 2.30. The molecule has 5 heteroatoms. The monoisotopic (exact) mass is 308 g/mol. The first kappa shape index (κ1) is 15.9. The van der Waals surface area contributed by atoms with Gasteiger partial charge in [0.15, 0.2) is 5.11 Å². The summed E-state index contributed by atoms with van der Waals surface area (Å²) in [7, 11) is 0. The largest absolute Gasteiger partial charge is 0.494 e. The molecule has 0 aromatic heterocycles. The molecule has 0 bridgehead atoms. The third-order valence-electron chi connectivity index (χ3n) is 3.35. The number of ether oxygens (including phenoxy) is 2. The zero-order valence-corrected chi connectivity index (χ0v) is 13.8. The molecule has 2 rings (SSSR count). The molecule has 1 heterocycles. The van der Waals surface area contributed by atoms with Crippen molar-refractivity contribution in [3.8, 4) is 11.5 Å². The van der Waals surface area contributed by atoms with Gasteiger partial charge in [0.25, 0.3) is 0 Å². The third-order valence-corrected chi connectivity index (χ3v) is 3.64. The normalized spacial score (nSPS) is 16.0. The average molecular weight is 308 g/mol.